The standard InChI is InChI=1S/C37H43N3O4S/c1-5-6-24-38-37(42)35(25-31-15-9-7-10-16-31)39(26-32-17-11-8-12-18-32)36(41)27-40(34-19-13-14-29(3)30(34)4)45(43,44)33-22-20-28(2)21-23-33/h7-23,35H,5-6,24-27H2,1-4H3,(H,38,42)/t35-/m0/s1. The number of unbranched alkanes of at least 4 members (excludes halogenated alkanes) is 1. The maximum Gasteiger partial charge on any atom is 0.264 e. The molecule has 8 heteroatoms. The summed E-state index contributed by atoms with van der Waals surface area (Å²) in [6.45, 7) is 7.87. The highest BCUT2D eigenvalue weighted by Crippen LogP contribution is 2.29. The van der Waals surface area contributed by atoms with Gasteiger partial charge in [-0.15, -0.1) is 0 Å². The first-order valence-electron chi connectivity index (χ1n) is 15.4. The van der Waals surface area contributed by atoms with Gasteiger partial charge in [0.2, 0.25) is 11.8 Å². The molecule has 45 heavy (non-hydrogen) atoms. The van der Waals surface area contributed by atoms with E-state index >= 15 is 0 Å². The molecule has 7 nitrogen and oxygen atoms in total. The molecule has 0 spiro atoms. The summed E-state index contributed by atoms with van der Waals surface area (Å²) in [7, 11) is -4.15. The Balaban J connectivity index is 1.80. The van der Waals surface area contributed by atoms with Gasteiger partial charge in [0, 0.05) is 19.5 Å². The van der Waals surface area contributed by atoms with Crippen molar-refractivity contribution < 1.29 is 18.0 Å². The van der Waals surface area contributed by atoms with Crippen LogP contribution >= 0.6 is 0 Å². The van der Waals surface area contributed by atoms with Crippen molar-refractivity contribution in [3.05, 3.63) is 131 Å². The summed E-state index contributed by atoms with van der Waals surface area (Å²) in [5, 5.41) is 3.02. The van der Waals surface area contributed by atoms with Gasteiger partial charge in [0.1, 0.15) is 12.6 Å². The van der Waals surface area contributed by atoms with Crippen molar-refractivity contribution >= 4 is 27.5 Å². The van der Waals surface area contributed by atoms with E-state index in [-0.39, 0.29) is 23.8 Å². The van der Waals surface area contributed by atoms with Crippen LogP contribution in [0, 0.1) is 20.8 Å². The zero-order valence-electron chi connectivity index (χ0n) is 26.6. The topological polar surface area (TPSA) is 86.8 Å². The third-order valence-electron chi connectivity index (χ3n) is 8.03. The van der Waals surface area contributed by atoms with E-state index in [0.717, 1.165) is 40.7 Å². The number of sulfonamides is 1. The van der Waals surface area contributed by atoms with Gasteiger partial charge in [-0.05, 0) is 67.6 Å². The molecule has 4 rings (SSSR count). The Morgan fingerprint density at radius 1 is 0.778 bits per heavy atom. The van der Waals surface area contributed by atoms with Crippen molar-refractivity contribution in [1.82, 2.24) is 10.2 Å². The van der Waals surface area contributed by atoms with Crippen LogP contribution < -0.4 is 9.62 Å². The summed E-state index contributed by atoms with van der Waals surface area (Å²) in [4.78, 5) is 30.0. The predicted molar refractivity (Wildman–Crippen MR) is 180 cm³/mol. The molecule has 0 unspecified atom stereocenters. The molecular formula is C37H43N3O4S. The summed E-state index contributed by atoms with van der Waals surface area (Å²) in [6.07, 6.45) is 2.01. The van der Waals surface area contributed by atoms with Gasteiger partial charge in [0.25, 0.3) is 10.0 Å². The molecule has 0 heterocycles. The normalized spacial score (nSPS) is 11.9. The van der Waals surface area contributed by atoms with Crippen LogP contribution in [0.3, 0.4) is 0 Å². The first-order valence-corrected chi connectivity index (χ1v) is 16.9. The monoisotopic (exact) mass is 625 g/mol. The molecule has 0 bridgehead atoms. The van der Waals surface area contributed by atoms with E-state index in [4.69, 9.17) is 0 Å². The average molecular weight is 626 g/mol. The molecule has 4 aromatic rings. The van der Waals surface area contributed by atoms with E-state index in [1.807, 2.05) is 87.5 Å². The minimum Gasteiger partial charge on any atom is -0.354 e. The maximum atomic E-state index is 14.6. The van der Waals surface area contributed by atoms with Crippen LogP contribution in [-0.2, 0) is 32.6 Å². The SMILES string of the molecule is CCCCNC(=O)[C@H](Cc1ccccc1)N(Cc1ccccc1)C(=O)CN(c1cccc(C)c1C)S(=O)(=O)c1ccc(C)cc1. The predicted octanol–water partition coefficient (Wildman–Crippen LogP) is 6.36. The Hall–Kier alpha value is -4.43. The fourth-order valence-electron chi connectivity index (χ4n) is 5.20. The number of nitrogens with one attached hydrogen (secondary N) is 1. The molecule has 0 aromatic heterocycles. The van der Waals surface area contributed by atoms with Crippen LogP contribution in [0.25, 0.3) is 0 Å². The minimum absolute atomic E-state index is 0.0922. The van der Waals surface area contributed by atoms with Crippen LogP contribution in [0.15, 0.2) is 108 Å². The first-order chi connectivity index (χ1) is 21.6. The van der Waals surface area contributed by atoms with Crippen LogP contribution in [0.2, 0.25) is 0 Å². The summed E-state index contributed by atoms with van der Waals surface area (Å²) in [5.74, 6) is -0.738. The van der Waals surface area contributed by atoms with E-state index < -0.39 is 28.5 Å². The zero-order chi connectivity index (χ0) is 32.4. The minimum atomic E-state index is -4.15. The number of nitrogens with zero attached hydrogens (tertiary/aromatic N) is 2. The lowest BCUT2D eigenvalue weighted by atomic mass is 10.0. The molecule has 0 aliphatic carbocycles. The largest absolute Gasteiger partial charge is 0.354 e. The number of amides is 2. The van der Waals surface area contributed by atoms with E-state index in [9.17, 15) is 18.0 Å². The van der Waals surface area contributed by atoms with Gasteiger partial charge in [0.05, 0.1) is 10.6 Å². The van der Waals surface area contributed by atoms with E-state index in [1.165, 1.54) is 9.21 Å². The Bertz CT molecular complexity index is 1670. The molecule has 1 N–H and O–H groups in total. The molecule has 2 amide bonds. The van der Waals surface area contributed by atoms with E-state index in [0.29, 0.717) is 12.2 Å². The lowest BCUT2D eigenvalue weighted by Crippen LogP contribution is -2.53. The number of anilines is 1. The van der Waals surface area contributed by atoms with E-state index in [2.05, 4.69) is 12.2 Å². The summed E-state index contributed by atoms with van der Waals surface area (Å²) in [5.41, 5.74) is 4.75. The third kappa shape index (κ3) is 8.60. The second kappa shape index (κ2) is 15.5. The zero-order valence-corrected chi connectivity index (χ0v) is 27.4. The quantitative estimate of drug-likeness (QED) is 0.165. The third-order valence-corrected chi connectivity index (χ3v) is 9.80. The molecular weight excluding hydrogens is 582 g/mol. The Labute approximate surface area is 268 Å². The van der Waals surface area contributed by atoms with Gasteiger partial charge >= 0.3 is 0 Å². The summed E-state index contributed by atoms with van der Waals surface area (Å²) >= 11 is 0. The molecule has 0 fully saturated rings. The number of hydrogen-bond donors (Lipinski definition) is 1. The molecule has 0 radical (unpaired) electrons. The highest BCUT2D eigenvalue weighted by Gasteiger charge is 2.35. The number of aryl methyl sites for hydroxylation is 2. The lowest BCUT2D eigenvalue weighted by molar-refractivity contribution is -0.140. The molecule has 0 saturated carbocycles. The van der Waals surface area contributed by atoms with Crippen molar-refractivity contribution in [2.24, 2.45) is 0 Å². The van der Waals surface area contributed by atoms with Gasteiger partial charge < -0.3 is 10.2 Å². The van der Waals surface area contributed by atoms with Gasteiger partial charge in [-0.25, -0.2) is 8.42 Å². The number of carbonyl (C=O) groups is 2. The fourth-order valence-corrected chi connectivity index (χ4v) is 6.67. The molecule has 0 aliphatic rings. The number of carbonyl (C=O) groups excluding carboxylic acids is 2. The van der Waals surface area contributed by atoms with Crippen LogP contribution in [-0.4, -0.2) is 44.3 Å². The summed E-state index contributed by atoms with van der Waals surface area (Å²) in [6, 6.07) is 30.2. The van der Waals surface area contributed by atoms with Crippen molar-refractivity contribution in [3.8, 4) is 0 Å². The van der Waals surface area contributed by atoms with Gasteiger partial charge in [-0.3, -0.25) is 13.9 Å². The smallest absolute Gasteiger partial charge is 0.264 e. The molecule has 1 atom stereocenters. The van der Waals surface area contributed by atoms with Gasteiger partial charge in [-0.2, -0.15) is 0 Å². The highest BCUT2D eigenvalue weighted by molar-refractivity contribution is 7.92. The van der Waals surface area contributed by atoms with Crippen molar-refractivity contribution in [2.45, 2.75) is 64.4 Å². The maximum absolute atomic E-state index is 14.6. The number of benzene rings is 4. The van der Waals surface area contributed by atoms with Crippen molar-refractivity contribution in [1.29, 1.82) is 0 Å². The number of hydrogen-bond acceptors (Lipinski definition) is 4. The molecule has 0 aliphatic heterocycles. The average Bonchev–Trinajstić information content (AvgIpc) is 3.04. The first kappa shape index (κ1) is 33.5. The Morgan fingerprint density at radius 2 is 1.40 bits per heavy atom. The molecule has 4 aromatic carbocycles. The summed E-state index contributed by atoms with van der Waals surface area (Å²) < 4.78 is 29.7. The van der Waals surface area contributed by atoms with Gasteiger partial charge in [0.15, 0.2) is 0 Å². The Kier molecular flexibility index (Phi) is 11.5. The molecule has 236 valence electrons. The fraction of sp³-hybridized carbons (Fsp3) is 0.297. The van der Waals surface area contributed by atoms with Crippen LogP contribution in [0.1, 0.15) is 47.6 Å². The van der Waals surface area contributed by atoms with Gasteiger partial charge in [-0.1, -0.05) is 104 Å². The van der Waals surface area contributed by atoms with Crippen molar-refractivity contribution in [2.75, 3.05) is 17.4 Å². The van der Waals surface area contributed by atoms with Crippen LogP contribution in [0.4, 0.5) is 5.69 Å². The Morgan fingerprint density at radius 3 is 2.02 bits per heavy atom. The second-order valence-corrected chi connectivity index (χ2v) is 13.3. The highest BCUT2D eigenvalue weighted by atomic mass is 32.2. The lowest BCUT2D eigenvalue weighted by Gasteiger charge is -2.34. The van der Waals surface area contributed by atoms with E-state index in [1.54, 1.807) is 36.4 Å². The van der Waals surface area contributed by atoms with Crippen molar-refractivity contribution in [3.63, 3.8) is 0 Å². The second-order valence-electron chi connectivity index (χ2n) is 11.4. The molecule has 0 saturated heterocycles. The van der Waals surface area contributed by atoms with Crippen LogP contribution in [0.5, 0.6) is 0 Å². The number of rotatable bonds is 14.